The molecule has 124 valence electrons. The van der Waals surface area contributed by atoms with Crippen molar-refractivity contribution in [2.45, 2.75) is 6.54 Å². The molecule has 2 aromatic heterocycles. The lowest BCUT2D eigenvalue weighted by Crippen LogP contribution is -2.30. The van der Waals surface area contributed by atoms with E-state index in [0.29, 0.717) is 6.54 Å². The smallest absolute Gasteiger partial charge is 0.162 e. The number of hydrazine groups is 1. The Labute approximate surface area is 154 Å². The Kier molecular flexibility index (Phi) is 4.26. The van der Waals surface area contributed by atoms with E-state index in [1.54, 1.807) is 11.2 Å². The third-order valence-electron chi connectivity index (χ3n) is 4.15. The van der Waals surface area contributed by atoms with Gasteiger partial charge in [0, 0.05) is 11.8 Å². The van der Waals surface area contributed by atoms with Crippen molar-refractivity contribution >= 4 is 27.3 Å². The van der Waals surface area contributed by atoms with Gasteiger partial charge in [0.05, 0.1) is 18.4 Å². The monoisotopic (exact) mass is 392 g/mol. The summed E-state index contributed by atoms with van der Waals surface area (Å²) in [4.78, 5) is 4.51. The summed E-state index contributed by atoms with van der Waals surface area (Å²) >= 11 is 3.56. The molecule has 0 aliphatic heterocycles. The van der Waals surface area contributed by atoms with Crippen LogP contribution in [0.2, 0.25) is 0 Å². The summed E-state index contributed by atoms with van der Waals surface area (Å²) in [6, 6.07) is 22.5. The zero-order valence-electron chi connectivity index (χ0n) is 13.5. The lowest BCUT2D eigenvalue weighted by Gasteiger charge is -2.20. The molecule has 2 heterocycles. The second kappa shape index (κ2) is 6.70. The van der Waals surface area contributed by atoms with E-state index < -0.39 is 0 Å². The number of hydrogen-bond acceptors (Lipinski definition) is 3. The van der Waals surface area contributed by atoms with E-state index in [2.05, 4.69) is 57.4 Å². The van der Waals surface area contributed by atoms with Gasteiger partial charge in [-0.15, -0.1) is 0 Å². The topological polar surface area (TPSA) is 46.6 Å². The maximum Gasteiger partial charge on any atom is 0.162 e. The molecule has 0 amide bonds. The highest BCUT2D eigenvalue weighted by Crippen LogP contribution is 2.30. The molecule has 0 fully saturated rings. The zero-order valence-corrected chi connectivity index (χ0v) is 15.1. The van der Waals surface area contributed by atoms with Crippen molar-refractivity contribution < 1.29 is 0 Å². The third-order valence-corrected chi connectivity index (χ3v) is 4.74. The van der Waals surface area contributed by atoms with Crippen molar-refractivity contribution in [3.8, 4) is 11.1 Å². The quantitative estimate of drug-likeness (QED) is 0.406. The zero-order chi connectivity index (χ0) is 17.2. The van der Waals surface area contributed by atoms with Crippen molar-refractivity contribution in [3.05, 3.63) is 89.3 Å². The minimum absolute atomic E-state index is 0.610. The first kappa shape index (κ1) is 15.9. The summed E-state index contributed by atoms with van der Waals surface area (Å²) in [6.07, 6.45) is 3.87. The molecule has 5 heteroatoms. The molecule has 0 bridgehead atoms. The standard InChI is InChI=1S/C20H17BrN4/c21-19-12-23-20-18(25(22)13-15-7-3-1-4-8-15)11-17(14-24(19)20)16-9-5-2-6-10-16/h1-12,14H,13,22H2. The number of anilines is 1. The second-order valence-electron chi connectivity index (χ2n) is 5.87. The fourth-order valence-corrected chi connectivity index (χ4v) is 3.28. The summed E-state index contributed by atoms with van der Waals surface area (Å²) in [6.45, 7) is 0.610. The van der Waals surface area contributed by atoms with Crippen LogP contribution in [0.5, 0.6) is 0 Å². The highest BCUT2D eigenvalue weighted by Gasteiger charge is 2.14. The van der Waals surface area contributed by atoms with Crippen LogP contribution in [0.1, 0.15) is 5.56 Å². The van der Waals surface area contributed by atoms with Gasteiger partial charge in [-0.3, -0.25) is 4.40 Å². The molecule has 25 heavy (non-hydrogen) atoms. The minimum atomic E-state index is 0.610. The van der Waals surface area contributed by atoms with Crippen molar-refractivity contribution in [2.24, 2.45) is 5.84 Å². The van der Waals surface area contributed by atoms with Gasteiger partial charge in [-0.1, -0.05) is 60.7 Å². The molecular weight excluding hydrogens is 376 g/mol. The molecule has 0 saturated carbocycles. The molecule has 0 spiro atoms. The molecule has 0 radical (unpaired) electrons. The van der Waals surface area contributed by atoms with Crippen molar-refractivity contribution in [3.63, 3.8) is 0 Å². The predicted octanol–water partition coefficient (Wildman–Crippen LogP) is 4.64. The summed E-state index contributed by atoms with van der Waals surface area (Å²) < 4.78 is 2.91. The average Bonchev–Trinajstić information content (AvgIpc) is 3.03. The fraction of sp³-hybridized carbons (Fsp3) is 0.0500. The van der Waals surface area contributed by atoms with Gasteiger partial charge in [-0.25, -0.2) is 10.8 Å². The van der Waals surface area contributed by atoms with Crippen LogP contribution in [0.25, 0.3) is 16.8 Å². The number of fused-ring (bicyclic) bond motifs is 1. The largest absolute Gasteiger partial charge is 0.303 e. The van der Waals surface area contributed by atoms with Gasteiger partial charge >= 0.3 is 0 Å². The van der Waals surface area contributed by atoms with Crippen LogP contribution in [0, 0.1) is 0 Å². The number of benzene rings is 2. The van der Waals surface area contributed by atoms with Crippen LogP contribution in [0.4, 0.5) is 5.69 Å². The van der Waals surface area contributed by atoms with Crippen molar-refractivity contribution in [1.82, 2.24) is 9.38 Å². The maximum atomic E-state index is 6.41. The number of hydrogen-bond donors (Lipinski definition) is 1. The number of imidazole rings is 1. The average molecular weight is 393 g/mol. The molecule has 2 aromatic carbocycles. The molecular formula is C20H17BrN4. The van der Waals surface area contributed by atoms with E-state index in [0.717, 1.165) is 32.6 Å². The first-order valence-electron chi connectivity index (χ1n) is 8.00. The number of pyridine rings is 1. The minimum Gasteiger partial charge on any atom is -0.303 e. The first-order chi connectivity index (χ1) is 12.2. The van der Waals surface area contributed by atoms with Crippen molar-refractivity contribution in [2.75, 3.05) is 5.01 Å². The Balaban J connectivity index is 1.81. The van der Waals surface area contributed by atoms with Gasteiger partial charge in [-0.05, 0) is 33.1 Å². The van der Waals surface area contributed by atoms with E-state index in [1.807, 2.05) is 40.8 Å². The van der Waals surface area contributed by atoms with Crippen molar-refractivity contribution in [1.29, 1.82) is 0 Å². The predicted molar refractivity (Wildman–Crippen MR) is 105 cm³/mol. The van der Waals surface area contributed by atoms with Gasteiger partial charge in [0.25, 0.3) is 0 Å². The van der Waals surface area contributed by atoms with Gasteiger partial charge in [0.2, 0.25) is 0 Å². The highest BCUT2D eigenvalue weighted by molar-refractivity contribution is 9.10. The first-order valence-corrected chi connectivity index (χ1v) is 8.80. The Morgan fingerprint density at radius 2 is 1.64 bits per heavy atom. The summed E-state index contributed by atoms with van der Waals surface area (Å²) in [5, 5.41) is 1.75. The molecule has 0 atom stereocenters. The van der Waals surface area contributed by atoms with E-state index in [9.17, 15) is 0 Å². The van der Waals surface area contributed by atoms with E-state index >= 15 is 0 Å². The molecule has 4 rings (SSSR count). The molecule has 0 aliphatic carbocycles. The Morgan fingerprint density at radius 3 is 2.36 bits per heavy atom. The number of halogens is 1. The molecule has 0 aliphatic rings. The lowest BCUT2D eigenvalue weighted by atomic mass is 10.1. The van der Waals surface area contributed by atoms with Crippen LogP contribution in [-0.4, -0.2) is 9.38 Å². The number of nitrogens with two attached hydrogens (primary N) is 1. The summed E-state index contributed by atoms with van der Waals surface area (Å²) in [5.41, 5.74) is 5.09. The van der Waals surface area contributed by atoms with E-state index in [-0.39, 0.29) is 0 Å². The number of aromatic nitrogens is 2. The Hall–Kier alpha value is -2.63. The normalized spacial score (nSPS) is 11.0. The van der Waals surface area contributed by atoms with Crippen LogP contribution >= 0.6 is 15.9 Å². The maximum absolute atomic E-state index is 6.41. The summed E-state index contributed by atoms with van der Waals surface area (Å²) in [7, 11) is 0. The Morgan fingerprint density at radius 1 is 0.960 bits per heavy atom. The van der Waals surface area contributed by atoms with E-state index in [1.165, 1.54) is 0 Å². The molecule has 2 N–H and O–H groups in total. The molecule has 4 nitrogen and oxygen atoms in total. The van der Waals surface area contributed by atoms with Gasteiger partial charge in [0.1, 0.15) is 4.60 Å². The van der Waals surface area contributed by atoms with E-state index in [4.69, 9.17) is 5.84 Å². The summed E-state index contributed by atoms with van der Waals surface area (Å²) in [5.74, 6) is 6.41. The van der Waals surface area contributed by atoms with Gasteiger partial charge in [-0.2, -0.15) is 0 Å². The van der Waals surface area contributed by atoms with Gasteiger partial charge < -0.3 is 5.01 Å². The second-order valence-corrected chi connectivity index (χ2v) is 6.68. The molecule has 0 unspecified atom stereocenters. The third kappa shape index (κ3) is 3.16. The fourth-order valence-electron chi connectivity index (χ4n) is 2.91. The lowest BCUT2D eigenvalue weighted by molar-refractivity contribution is 0.851. The van der Waals surface area contributed by atoms with Crippen LogP contribution in [0.15, 0.2) is 83.7 Å². The molecule has 4 aromatic rings. The number of nitrogens with zero attached hydrogens (tertiary/aromatic N) is 3. The highest BCUT2D eigenvalue weighted by atomic mass is 79.9. The SMILES string of the molecule is NN(Cc1ccccc1)c1cc(-c2ccccc2)cn2c(Br)cnc12. The molecule has 0 saturated heterocycles. The van der Waals surface area contributed by atoms with Crippen LogP contribution < -0.4 is 10.9 Å². The number of rotatable bonds is 4. The van der Waals surface area contributed by atoms with Crippen LogP contribution in [-0.2, 0) is 6.54 Å². The Bertz CT molecular complexity index is 996. The van der Waals surface area contributed by atoms with Gasteiger partial charge in [0.15, 0.2) is 5.65 Å². The van der Waals surface area contributed by atoms with Crippen LogP contribution in [0.3, 0.4) is 0 Å².